The van der Waals surface area contributed by atoms with Crippen LogP contribution in [0.4, 0.5) is 0 Å². The quantitative estimate of drug-likeness (QED) is 0.624. The van der Waals surface area contributed by atoms with Gasteiger partial charge in [0.25, 0.3) is 0 Å². The summed E-state index contributed by atoms with van der Waals surface area (Å²) in [5.74, 6) is 2.26. The Balaban J connectivity index is 1.96. The van der Waals surface area contributed by atoms with Gasteiger partial charge in [0.1, 0.15) is 5.75 Å². The van der Waals surface area contributed by atoms with E-state index in [4.69, 9.17) is 9.47 Å². The van der Waals surface area contributed by atoms with Crippen molar-refractivity contribution in [2.75, 3.05) is 33.4 Å². The van der Waals surface area contributed by atoms with E-state index < -0.39 is 0 Å². The Hall–Kier alpha value is -1.75. The molecule has 0 aliphatic carbocycles. The average molecular weight is 305 g/mol. The number of benzene rings is 1. The second-order valence-corrected chi connectivity index (χ2v) is 5.61. The van der Waals surface area contributed by atoms with E-state index in [1.54, 1.807) is 7.05 Å². The van der Waals surface area contributed by atoms with Crippen molar-refractivity contribution in [2.45, 2.75) is 26.8 Å². The van der Waals surface area contributed by atoms with Crippen molar-refractivity contribution < 1.29 is 9.47 Å². The van der Waals surface area contributed by atoms with E-state index in [-0.39, 0.29) is 0 Å². The number of nitrogens with one attached hydrogen (secondary N) is 2. The van der Waals surface area contributed by atoms with E-state index in [1.165, 1.54) is 5.56 Å². The SMILES string of the molecule is CCNC(=NC)NCc1ccc(C)cc1OCC1CCOC1. The van der Waals surface area contributed by atoms with Crippen LogP contribution in [0.2, 0.25) is 0 Å². The highest BCUT2D eigenvalue weighted by Gasteiger charge is 2.17. The van der Waals surface area contributed by atoms with E-state index in [2.05, 4.69) is 47.7 Å². The minimum atomic E-state index is 0.510. The molecule has 1 aliphatic rings. The molecule has 1 aromatic carbocycles. The molecule has 1 heterocycles. The number of guanidine groups is 1. The number of ether oxygens (including phenoxy) is 2. The molecule has 1 aliphatic heterocycles. The Kier molecular flexibility index (Phi) is 6.52. The lowest BCUT2D eigenvalue weighted by molar-refractivity contribution is 0.166. The number of nitrogens with zero attached hydrogens (tertiary/aromatic N) is 1. The Morgan fingerprint density at radius 3 is 2.95 bits per heavy atom. The highest BCUT2D eigenvalue weighted by atomic mass is 16.5. The lowest BCUT2D eigenvalue weighted by Gasteiger charge is -2.16. The smallest absolute Gasteiger partial charge is 0.191 e. The Morgan fingerprint density at radius 2 is 2.27 bits per heavy atom. The first-order valence-electron chi connectivity index (χ1n) is 7.97. The van der Waals surface area contributed by atoms with Crippen molar-refractivity contribution >= 4 is 5.96 Å². The minimum absolute atomic E-state index is 0.510. The van der Waals surface area contributed by atoms with E-state index in [0.29, 0.717) is 12.5 Å². The maximum atomic E-state index is 6.05. The first-order chi connectivity index (χ1) is 10.7. The summed E-state index contributed by atoms with van der Waals surface area (Å²) in [6.45, 7) is 8.06. The standard InChI is InChI=1S/C17H27N3O2/c1-4-19-17(18-3)20-10-15-6-5-13(2)9-16(15)22-12-14-7-8-21-11-14/h5-6,9,14H,4,7-8,10-12H2,1-3H3,(H2,18,19,20). The van der Waals surface area contributed by atoms with Crippen molar-refractivity contribution in [3.63, 3.8) is 0 Å². The van der Waals surface area contributed by atoms with Crippen molar-refractivity contribution in [2.24, 2.45) is 10.9 Å². The lowest BCUT2D eigenvalue weighted by atomic mass is 10.1. The summed E-state index contributed by atoms with van der Waals surface area (Å²) in [6.07, 6.45) is 1.09. The summed E-state index contributed by atoms with van der Waals surface area (Å²) in [5, 5.41) is 6.50. The number of rotatable bonds is 6. The van der Waals surface area contributed by atoms with Gasteiger partial charge >= 0.3 is 0 Å². The van der Waals surface area contributed by atoms with Crippen LogP contribution in [-0.4, -0.2) is 39.4 Å². The van der Waals surface area contributed by atoms with Gasteiger partial charge in [0.2, 0.25) is 0 Å². The molecule has 2 N–H and O–H groups in total. The number of hydrogen-bond donors (Lipinski definition) is 2. The van der Waals surface area contributed by atoms with Gasteiger partial charge < -0.3 is 20.1 Å². The highest BCUT2D eigenvalue weighted by molar-refractivity contribution is 5.79. The monoisotopic (exact) mass is 305 g/mol. The van der Waals surface area contributed by atoms with Crippen LogP contribution in [0.25, 0.3) is 0 Å². The number of hydrogen-bond acceptors (Lipinski definition) is 3. The first-order valence-corrected chi connectivity index (χ1v) is 7.97. The van der Waals surface area contributed by atoms with Gasteiger partial charge in [0.15, 0.2) is 5.96 Å². The fourth-order valence-electron chi connectivity index (χ4n) is 2.43. The fourth-order valence-corrected chi connectivity index (χ4v) is 2.43. The molecule has 2 rings (SSSR count). The van der Waals surface area contributed by atoms with Crippen LogP contribution in [-0.2, 0) is 11.3 Å². The summed E-state index contributed by atoms with van der Waals surface area (Å²) >= 11 is 0. The van der Waals surface area contributed by atoms with E-state index in [0.717, 1.165) is 50.1 Å². The molecule has 0 saturated carbocycles. The second-order valence-electron chi connectivity index (χ2n) is 5.61. The van der Waals surface area contributed by atoms with Gasteiger partial charge in [-0.1, -0.05) is 12.1 Å². The molecule has 122 valence electrons. The van der Waals surface area contributed by atoms with Crippen molar-refractivity contribution in [3.8, 4) is 5.75 Å². The molecule has 1 aromatic rings. The third kappa shape index (κ3) is 4.91. The molecule has 5 nitrogen and oxygen atoms in total. The maximum Gasteiger partial charge on any atom is 0.191 e. The van der Waals surface area contributed by atoms with Gasteiger partial charge in [0, 0.05) is 38.2 Å². The molecule has 1 unspecified atom stereocenters. The van der Waals surface area contributed by atoms with E-state index in [1.807, 2.05) is 0 Å². The molecular weight excluding hydrogens is 278 g/mol. The molecule has 0 radical (unpaired) electrons. The summed E-state index contributed by atoms with van der Waals surface area (Å²) < 4.78 is 11.5. The molecule has 0 aromatic heterocycles. The van der Waals surface area contributed by atoms with Crippen LogP contribution in [0.3, 0.4) is 0 Å². The predicted molar refractivity (Wildman–Crippen MR) is 89.5 cm³/mol. The van der Waals surface area contributed by atoms with Crippen molar-refractivity contribution in [1.82, 2.24) is 10.6 Å². The molecular formula is C17H27N3O2. The molecule has 1 atom stereocenters. The minimum Gasteiger partial charge on any atom is -0.493 e. The maximum absolute atomic E-state index is 6.05. The van der Waals surface area contributed by atoms with E-state index in [9.17, 15) is 0 Å². The van der Waals surface area contributed by atoms with Crippen molar-refractivity contribution in [3.05, 3.63) is 29.3 Å². The van der Waals surface area contributed by atoms with E-state index >= 15 is 0 Å². The van der Waals surface area contributed by atoms with Crippen LogP contribution in [0.1, 0.15) is 24.5 Å². The topological polar surface area (TPSA) is 54.9 Å². The van der Waals surface area contributed by atoms with Crippen LogP contribution < -0.4 is 15.4 Å². The van der Waals surface area contributed by atoms with Gasteiger partial charge in [-0.05, 0) is 31.9 Å². The van der Waals surface area contributed by atoms with Crippen LogP contribution in [0.5, 0.6) is 5.75 Å². The predicted octanol–water partition coefficient (Wildman–Crippen LogP) is 2.10. The largest absolute Gasteiger partial charge is 0.493 e. The second kappa shape index (κ2) is 8.63. The van der Waals surface area contributed by atoms with Crippen LogP contribution >= 0.6 is 0 Å². The van der Waals surface area contributed by atoms with Gasteiger partial charge in [-0.3, -0.25) is 4.99 Å². The third-order valence-electron chi connectivity index (χ3n) is 3.74. The Labute approximate surface area is 133 Å². The highest BCUT2D eigenvalue weighted by Crippen LogP contribution is 2.22. The number of aliphatic imine (C=N–C) groups is 1. The first kappa shape index (κ1) is 16.6. The van der Waals surface area contributed by atoms with Crippen LogP contribution in [0, 0.1) is 12.8 Å². The summed E-state index contributed by atoms with van der Waals surface area (Å²) in [5.41, 5.74) is 2.35. The zero-order chi connectivity index (χ0) is 15.8. The molecule has 0 amide bonds. The van der Waals surface area contributed by atoms with Gasteiger partial charge in [-0.25, -0.2) is 0 Å². The van der Waals surface area contributed by atoms with Gasteiger partial charge in [-0.15, -0.1) is 0 Å². The van der Waals surface area contributed by atoms with Crippen molar-refractivity contribution in [1.29, 1.82) is 0 Å². The summed E-state index contributed by atoms with van der Waals surface area (Å²) in [4.78, 5) is 4.19. The molecule has 22 heavy (non-hydrogen) atoms. The van der Waals surface area contributed by atoms with Crippen LogP contribution in [0.15, 0.2) is 23.2 Å². The molecule has 5 heteroatoms. The fraction of sp³-hybridized carbons (Fsp3) is 0.588. The lowest BCUT2D eigenvalue weighted by Crippen LogP contribution is -2.36. The normalized spacial score (nSPS) is 18.3. The molecule has 1 saturated heterocycles. The summed E-state index contributed by atoms with van der Waals surface area (Å²) in [7, 11) is 1.78. The van der Waals surface area contributed by atoms with Gasteiger partial charge in [-0.2, -0.15) is 0 Å². The Bertz CT molecular complexity index is 497. The van der Waals surface area contributed by atoms with Gasteiger partial charge in [0.05, 0.1) is 13.2 Å². The zero-order valence-corrected chi connectivity index (χ0v) is 13.8. The summed E-state index contributed by atoms with van der Waals surface area (Å²) in [6, 6.07) is 6.32. The number of aryl methyl sites for hydroxylation is 1. The average Bonchev–Trinajstić information content (AvgIpc) is 3.04. The molecule has 1 fully saturated rings. The molecule has 0 bridgehead atoms. The molecule has 0 spiro atoms. The Morgan fingerprint density at radius 1 is 1.41 bits per heavy atom. The third-order valence-corrected chi connectivity index (χ3v) is 3.74. The zero-order valence-electron chi connectivity index (χ0n) is 13.8.